The van der Waals surface area contributed by atoms with Gasteiger partial charge < -0.3 is 11.1 Å². The Hall–Kier alpha value is -2.24. The third-order valence-electron chi connectivity index (χ3n) is 3.12. The fourth-order valence-electron chi connectivity index (χ4n) is 1.76. The van der Waals surface area contributed by atoms with Crippen molar-refractivity contribution in [2.24, 2.45) is 0 Å². The first-order valence-electron chi connectivity index (χ1n) is 5.95. The molecule has 3 nitrogen and oxygen atoms in total. The Balaban J connectivity index is 2.41. The van der Waals surface area contributed by atoms with Gasteiger partial charge in [-0.25, -0.2) is 4.98 Å². The van der Waals surface area contributed by atoms with Gasteiger partial charge in [-0.1, -0.05) is 12.1 Å². The van der Waals surface area contributed by atoms with Crippen molar-refractivity contribution in [2.45, 2.75) is 20.0 Å². The summed E-state index contributed by atoms with van der Waals surface area (Å²) in [7, 11) is 0. The molecular formula is C14H14F3N3. The number of pyridine rings is 1. The minimum Gasteiger partial charge on any atom is -0.382 e. The van der Waals surface area contributed by atoms with Crippen molar-refractivity contribution in [2.75, 3.05) is 11.1 Å². The van der Waals surface area contributed by atoms with Crippen molar-refractivity contribution in [3.63, 3.8) is 0 Å². The van der Waals surface area contributed by atoms with E-state index in [9.17, 15) is 13.2 Å². The lowest BCUT2D eigenvalue weighted by atomic mass is 10.1. The number of benzene rings is 1. The number of aromatic nitrogens is 1. The van der Waals surface area contributed by atoms with Crippen LogP contribution in [0.25, 0.3) is 0 Å². The topological polar surface area (TPSA) is 50.9 Å². The molecule has 0 saturated heterocycles. The molecule has 1 heterocycles. The Kier molecular flexibility index (Phi) is 3.57. The van der Waals surface area contributed by atoms with Gasteiger partial charge in [-0.05, 0) is 37.1 Å². The van der Waals surface area contributed by atoms with Gasteiger partial charge in [0, 0.05) is 11.9 Å². The summed E-state index contributed by atoms with van der Waals surface area (Å²) in [6.07, 6.45) is -3.72. The van der Waals surface area contributed by atoms with Crippen LogP contribution in [0.3, 0.4) is 0 Å². The van der Waals surface area contributed by atoms with E-state index >= 15 is 0 Å². The van der Waals surface area contributed by atoms with E-state index in [1.165, 1.54) is 0 Å². The highest BCUT2D eigenvalue weighted by Crippen LogP contribution is 2.33. The summed E-state index contributed by atoms with van der Waals surface area (Å²) in [6.45, 7) is 3.81. The third-order valence-corrected chi connectivity index (χ3v) is 3.12. The Morgan fingerprint density at radius 2 is 1.85 bits per heavy atom. The van der Waals surface area contributed by atoms with Gasteiger partial charge >= 0.3 is 6.18 Å². The monoisotopic (exact) mass is 281 g/mol. The molecule has 0 aliphatic heterocycles. The van der Waals surface area contributed by atoms with Crippen LogP contribution >= 0.6 is 0 Å². The van der Waals surface area contributed by atoms with E-state index in [1.54, 1.807) is 6.07 Å². The van der Waals surface area contributed by atoms with Crippen molar-refractivity contribution < 1.29 is 13.2 Å². The van der Waals surface area contributed by atoms with Crippen LogP contribution in [-0.2, 0) is 6.18 Å². The maximum absolute atomic E-state index is 12.7. The van der Waals surface area contributed by atoms with Gasteiger partial charge in [0.15, 0.2) is 0 Å². The van der Waals surface area contributed by atoms with Gasteiger partial charge in [-0.2, -0.15) is 13.2 Å². The van der Waals surface area contributed by atoms with Crippen molar-refractivity contribution in [3.8, 4) is 0 Å². The van der Waals surface area contributed by atoms with Crippen molar-refractivity contribution in [1.29, 1.82) is 0 Å². The number of halogens is 3. The molecule has 1 aromatic carbocycles. The van der Waals surface area contributed by atoms with Crippen LogP contribution in [-0.4, -0.2) is 4.98 Å². The molecule has 2 rings (SSSR count). The third kappa shape index (κ3) is 2.84. The molecule has 1 aromatic heterocycles. The van der Waals surface area contributed by atoms with Crippen molar-refractivity contribution in [1.82, 2.24) is 4.98 Å². The van der Waals surface area contributed by atoms with Gasteiger partial charge in [0.25, 0.3) is 0 Å². The lowest BCUT2D eigenvalue weighted by Crippen LogP contribution is -2.08. The van der Waals surface area contributed by atoms with E-state index < -0.39 is 11.7 Å². The molecule has 0 amide bonds. The number of nitrogens with two attached hydrogens (primary N) is 1. The Morgan fingerprint density at radius 1 is 1.15 bits per heavy atom. The van der Waals surface area contributed by atoms with Gasteiger partial charge in [0.05, 0.1) is 11.3 Å². The number of alkyl halides is 3. The fraction of sp³-hybridized carbons (Fsp3) is 0.214. The summed E-state index contributed by atoms with van der Waals surface area (Å²) in [5.41, 5.74) is 7.63. The molecule has 2 aromatic rings. The Morgan fingerprint density at radius 3 is 2.50 bits per heavy atom. The lowest BCUT2D eigenvalue weighted by molar-refractivity contribution is -0.137. The lowest BCUT2D eigenvalue weighted by Gasteiger charge is -2.14. The highest BCUT2D eigenvalue weighted by molar-refractivity contribution is 5.72. The standard InChI is InChI=1S/C14H14F3N3/c1-8-4-3-5-11(9(8)2)20-12-6-10(14(15,16)17)7-19-13(12)18/h3-7,20H,1-2H3,(H2,18,19). The van der Waals surface area contributed by atoms with Gasteiger partial charge in [-0.15, -0.1) is 0 Å². The molecule has 0 spiro atoms. The summed E-state index contributed by atoms with van der Waals surface area (Å²) in [6, 6.07) is 6.49. The number of nitrogen functional groups attached to an aromatic ring is 1. The number of hydrogen-bond donors (Lipinski definition) is 2. The first-order chi connectivity index (χ1) is 9.29. The number of hydrogen-bond acceptors (Lipinski definition) is 3. The molecule has 0 radical (unpaired) electrons. The number of nitrogens with one attached hydrogen (secondary N) is 1. The number of nitrogens with zero attached hydrogens (tertiary/aromatic N) is 1. The number of aryl methyl sites for hydroxylation is 1. The predicted octanol–water partition coefficient (Wildman–Crippen LogP) is 4.04. The highest BCUT2D eigenvalue weighted by atomic mass is 19.4. The molecular weight excluding hydrogens is 267 g/mol. The highest BCUT2D eigenvalue weighted by Gasteiger charge is 2.31. The molecule has 0 unspecified atom stereocenters. The first-order valence-corrected chi connectivity index (χ1v) is 5.95. The molecule has 0 saturated carbocycles. The van der Waals surface area contributed by atoms with E-state index in [-0.39, 0.29) is 11.5 Å². The van der Waals surface area contributed by atoms with Crippen LogP contribution < -0.4 is 11.1 Å². The largest absolute Gasteiger partial charge is 0.417 e. The summed E-state index contributed by atoms with van der Waals surface area (Å²) in [5, 5.41) is 2.91. The van der Waals surface area contributed by atoms with E-state index in [0.717, 1.165) is 23.4 Å². The Bertz CT molecular complexity index is 636. The first kappa shape index (κ1) is 14.2. The molecule has 0 atom stereocenters. The maximum atomic E-state index is 12.7. The molecule has 106 valence electrons. The van der Waals surface area contributed by atoms with Crippen LogP contribution in [0, 0.1) is 13.8 Å². The molecule has 20 heavy (non-hydrogen) atoms. The minimum atomic E-state index is -4.45. The second-order valence-electron chi connectivity index (χ2n) is 4.53. The molecule has 0 aliphatic carbocycles. The smallest absolute Gasteiger partial charge is 0.382 e. The zero-order valence-corrected chi connectivity index (χ0v) is 11.0. The molecule has 3 N–H and O–H groups in total. The Labute approximate surface area is 114 Å². The summed E-state index contributed by atoms with van der Waals surface area (Å²) < 4.78 is 38.0. The van der Waals surface area contributed by atoms with Crippen molar-refractivity contribution >= 4 is 17.2 Å². The van der Waals surface area contributed by atoms with Crippen LogP contribution in [0.2, 0.25) is 0 Å². The van der Waals surface area contributed by atoms with Crippen LogP contribution in [0.4, 0.5) is 30.4 Å². The summed E-state index contributed by atoms with van der Waals surface area (Å²) >= 11 is 0. The predicted molar refractivity (Wildman–Crippen MR) is 72.9 cm³/mol. The average Bonchev–Trinajstić information content (AvgIpc) is 2.36. The minimum absolute atomic E-state index is 0.0268. The second kappa shape index (κ2) is 5.03. The van der Waals surface area contributed by atoms with Gasteiger partial charge in [-0.3, -0.25) is 0 Å². The van der Waals surface area contributed by atoms with E-state index in [2.05, 4.69) is 10.3 Å². The SMILES string of the molecule is Cc1cccc(Nc2cc(C(F)(F)F)cnc2N)c1C. The number of rotatable bonds is 2. The van der Waals surface area contributed by atoms with Crippen LogP contribution in [0.1, 0.15) is 16.7 Å². The van der Waals surface area contributed by atoms with Gasteiger partial charge in [0.2, 0.25) is 0 Å². The van der Waals surface area contributed by atoms with Crippen molar-refractivity contribution in [3.05, 3.63) is 47.2 Å². The molecule has 0 fully saturated rings. The van der Waals surface area contributed by atoms with E-state index in [0.29, 0.717) is 5.69 Å². The van der Waals surface area contributed by atoms with Crippen LogP contribution in [0.15, 0.2) is 30.5 Å². The normalized spacial score (nSPS) is 11.4. The molecule has 0 bridgehead atoms. The molecule has 0 aliphatic rings. The second-order valence-corrected chi connectivity index (χ2v) is 4.53. The summed E-state index contributed by atoms with van der Waals surface area (Å²) in [5.74, 6) is 0.0268. The molecule has 6 heteroatoms. The van der Waals surface area contributed by atoms with Crippen LogP contribution in [0.5, 0.6) is 0 Å². The fourth-order valence-corrected chi connectivity index (χ4v) is 1.76. The average molecular weight is 281 g/mol. The number of anilines is 3. The maximum Gasteiger partial charge on any atom is 0.417 e. The summed E-state index contributed by atoms with van der Waals surface area (Å²) in [4.78, 5) is 3.59. The van der Waals surface area contributed by atoms with Gasteiger partial charge in [0.1, 0.15) is 5.82 Å². The zero-order chi connectivity index (χ0) is 14.9. The quantitative estimate of drug-likeness (QED) is 0.873. The van der Waals surface area contributed by atoms with E-state index in [1.807, 2.05) is 26.0 Å². The van der Waals surface area contributed by atoms with E-state index in [4.69, 9.17) is 5.73 Å². The zero-order valence-electron chi connectivity index (χ0n) is 11.0.